The van der Waals surface area contributed by atoms with Crippen molar-refractivity contribution in [1.82, 2.24) is 4.90 Å². The van der Waals surface area contributed by atoms with Crippen molar-refractivity contribution in [2.75, 3.05) is 31.1 Å². The van der Waals surface area contributed by atoms with Gasteiger partial charge >= 0.3 is 5.97 Å². The Morgan fingerprint density at radius 1 is 1.35 bits per heavy atom. The highest BCUT2D eigenvalue weighted by Crippen LogP contribution is 2.32. The Kier molecular flexibility index (Phi) is 3.99. The first-order chi connectivity index (χ1) is 11.0. The second-order valence-electron chi connectivity index (χ2n) is 5.92. The van der Waals surface area contributed by atoms with Gasteiger partial charge in [-0.3, -0.25) is 24.6 Å². The maximum Gasteiger partial charge on any atom is 0.307 e. The van der Waals surface area contributed by atoms with E-state index >= 15 is 0 Å². The number of carboxylic acid groups (broad SMARTS) is 1. The minimum atomic E-state index is -0.831. The van der Waals surface area contributed by atoms with Crippen LogP contribution in [-0.4, -0.2) is 53.0 Å². The first-order valence-electron chi connectivity index (χ1n) is 7.48. The summed E-state index contributed by atoms with van der Waals surface area (Å²) >= 11 is 0. The number of nitro benzene ring substituents is 1. The molecule has 0 aromatic heterocycles. The zero-order valence-corrected chi connectivity index (χ0v) is 12.5. The number of fused-ring (bicyclic) bond motifs is 1. The number of aliphatic carboxylic acids is 1. The van der Waals surface area contributed by atoms with E-state index in [1.807, 2.05) is 4.90 Å². The molecule has 1 aromatic rings. The molecule has 1 fully saturated rings. The molecule has 2 heterocycles. The van der Waals surface area contributed by atoms with Gasteiger partial charge in [-0.05, 0) is 24.9 Å². The van der Waals surface area contributed by atoms with E-state index in [0.29, 0.717) is 38.2 Å². The van der Waals surface area contributed by atoms with Gasteiger partial charge < -0.3 is 10.0 Å². The third-order valence-corrected chi connectivity index (χ3v) is 4.46. The average Bonchev–Trinajstić information content (AvgIpc) is 3.12. The lowest BCUT2D eigenvalue weighted by atomic mass is 10.1. The summed E-state index contributed by atoms with van der Waals surface area (Å²) in [5.74, 6) is -1.40. The predicted molar refractivity (Wildman–Crippen MR) is 81.3 cm³/mol. The summed E-state index contributed by atoms with van der Waals surface area (Å²) in [6.07, 6.45) is 1.22. The Balaban J connectivity index is 1.70. The predicted octanol–water partition coefficient (Wildman–Crippen LogP) is 0.890. The first-order valence-corrected chi connectivity index (χ1v) is 7.48. The van der Waals surface area contributed by atoms with Crippen LogP contribution in [0.4, 0.5) is 11.4 Å². The van der Waals surface area contributed by atoms with Crippen LogP contribution in [0.2, 0.25) is 0 Å². The quantitative estimate of drug-likeness (QED) is 0.653. The number of anilines is 1. The van der Waals surface area contributed by atoms with Gasteiger partial charge in [-0.15, -0.1) is 0 Å². The fraction of sp³-hybridized carbons (Fsp3) is 0.467. The molecular formula is C15H17N3O5. The highest BCUT2D eigenvalue weighted by molar-refractivity contribution is 5.97. The molecule has 0 bridgehead atoms. The van der Waals surface area contributed by atoms with Gasteiger partial charge in [0, 0.05) is 25.2 Å². The number of likely N-dealkylation sites (tertiary alicyclic amines) is 1. The van der Waals surface area contributed by atoms with Crippen molar-refractivity contribution in [3.63, 3.8) is 0 Å². The van der Waals surface area contributed by atoms with Crippen LogP contribution in [-0.2, 0) is 16.0 Å². The number of benzene rings is 1. The highest BCUT2D eigenvalue weighted by Gasteiger charge is 2.32. The van der Waals surface area contributed by atoms with Crippen molar-refractivity contribution < 1.29 is 19.6 Å². The van der Waals surface area contributed by atoms with Gasteiger partial charge in [0.1, 0.15) is 0 Å². The van der Waals surface area contributed by atoms with E-state index in [-0.39, 0.29) is 18.1 Å². The number of carbonyl (C=O) groups is 2. The number of rotatable bonds is 4. The van der Waals surface area contributed by atoms with Crippen LogP contribution in [0.15, 0.2) is 18.2 Å². The average molecular weight is 319 g/mol. The van der Waals surface area contributed by atoms with Crippen molar-refractivity contribution in [1.29, 1.82) is 0 Å². The van der Waals surface area contributed by atoms with Crippen LogP contribution in [0.25, 0.3) is 0 Å². The topological polar surface area (TPSA) is 104 Å². The lowest BCUT2D eigenvalue weighted by Crippen LogP contribution is -2.39. The minimum absolute atomic E-state index is 0.0319. The number of carboxylic acids is 1. The molecular weight excluding hydrogens is 302 g/mol. The number of non-ortho nitro benzene ring substituents is 1. The second-order valence-corrected chi connectivity index (χ2v) is 5.92. The lowest BCUT2D eigenvalue weighted by Gasteiger charge is -2.21. The van der Waals surface area contributed by atoms with E-state index in [1.54, 1.807) is 11.0 Å². The minimum Gasteiger partial charge on any atom is -0.481 e. The van der Waals surface area contributed by atoms with Gasteiger partial charge in [0.25, 0.3) is 5.69 Å². The van der Waals surface area contributed by atoms with Crippen molar-refractivity contribution in [3.05, 3.63) is 33.9 Å². The van der Waals surface area contributed by atoms with Crippen LogP contribution >= 0.6 is 0 Å². The Hall–Kier alpha value is -2.48. The summed E-state index contributed by atoms with van der Waals surface area (Å²) in [7, 11) is 0. The highest BCUT2D eigenvalue weighted by atomic mass is 16.6. The van der Waals surface area contributed by atoms with Crippen molar-refractivity contribution in [2.45, 2.75) is 12.8 Å². The number of hydrogen-bond acceptors (Lipinski definition) is 5. The molecule has 23 heavy (non-hydrogen) atoms. The molecule has 1 unspecified atom stereocenters. The number of carbonyl (C=O) groups excluding carboxylic acids is 1. The fourth-order valence-corrected chi connectivity index (χ4v) is 3.19. The van der Waals surface area contributed by atoms with E-state index in [9.17, 15) is 19.7 Å². The van der Waals surface area contributed by atoms with E-state index in [2.05, 4.69) is 0 Å². The molecule has 2 aliphatic rings. The molecule has 0 aliphatic carbocycles. The Labute approximate surface area is 132 Å². The SMILES string of the molecule is O=C(O)C1CCN(CC(=O)N2CCc3ccc([N+](=O)[O-])cc32)C1. The molecule has 8 heteroatoms. The molecule has 3 rings (SSSR count). The first kappa shape index (κ1) is 15.4. The van der Waals surface area contributed by atoms with Crippen LogP contribution < -0.4 is 4.90 Å². The fourth-order valence-electron chi connectivity index (χ4n) is 3.19. The second kappa shape index (κ2) is 5.96. The van der Waals surface area contributed by atoms with Crippen molar-refractivity contribution >= 4 is 23.3 Å². The normalized spacial score (nSPS) is 20.5. The number of hydrogen-bond donors (Lipinski definition) is 1. The van der Waals surface area contributed by atoms with E-state index in [4.69, 9.17) is 5.11 Å². The summed E-state index contributed by atoms with van der Waals surface area (Å²) in [4.78, 5) is 37.3. The zero-order chi connectivity index (χ0) is 16.6. The summed E-state index contributed by atoms with van der Waals surface area (Å²) in [5, 5.41) is 19.9. The smallest absolute Gasteiger partial charge is 0.307 e. The van der Waals surface area contributed by atoms with Gasteiger partial charge in [-0.1, -0.05) is 6.07 Å². The van der Waals surface area contributed by atoms with Gasteiger partial charge in [-0.2, -0.15) is 0 Å². The molecule has 1 amide bonds. The number of nitrogens with zero attached hydrogens (tertiary/aromatic N) is 3. The van der Waals surface area contributed by atoms with Crippen LogP contribution in [0, 0.1) is 16.0 Å². The molecule has 1 saturated heterocycles. The van der Waals surface area contributed by atoms with Crippen LogP contribution in [0.3, 0.4) is 0 Å². The molecule has 0 saturated carbocycles. The Morgan fingerprint density at radius 2 is 2.13 bits per heavy atom. The van der Waals surface area contributed by atoms with Gasteiger partial charge in [0.05, 0.1) is 23.1 Å². The van der Waals surface area contributed by atoms with E-state index < -0.39 is 16.8 Å². The molecule has 0 radical (unpaired) electrons. The molecule has 0 spiro atoms. The molecule has 1 aromatic carbocycles. The number of amides is 1. The molecule has 2 aliphatic heterocycles. The Morgan fingerprint density at radius 3 is 2.78 bits per heavy atom. The summed E-state index contributed by atoms with van der Waals surface area (Å²) in [6.45, 7) is 1.60. The van der Waals surface area contributed by atoms with Gasteiger partial charge in [0.2, 0.25) is 5.91 Å². The zero-order valence-electron chi connectivity index (χ0n) is 12.5. The lowest BCUT2D eigenvalue weighted by molar-refractivity contribution is -0.384. The van der Waals surface area contributed by atoms with Crippen LogP contribution in [0.1, 0.15) is 12.0 Å². The van der Waals surface area contributed by atoms with E-state index in [0.717, 1.165) is 5.56 Å². The molecule has 1 atom stereocenters. The molecule has 1 N–H and O–H groups in total. The maximum atomic E-state index is 12.5. The molecule has 122 valence electrons. The van der Waals surface area contributed by atoms with Crippen molar-refractivity contribution in [3.8, 4) is 0 Å². The summed E-state index contributed by atoms with van der Waals surface area (Å²) in [6, 6.07) is 4.58. The third kappa shape index (κ3) is 3.02. The standard InChI is InChI=1S/C15H17N3O5/c19-14(9-16-5-3-11(8-16)15(20)21)17-6-4-10-1-2-12(18(22)23)7-13(10)17/h1-2,7,11H,3-6,8-9H2,(H,20,21). The monoisotopic (exact) mass is 319 g/mol. The van der Waals surface area contributed by atoms with Crippen LogP contribution in [0.5, 0.6) is 0 Å². The summed E-state index contributed by atoms with van der Waals surface area (Å²) in [5.41, 5.74) is 1.49. The van der Waals surface area contributed by atoms with E-state index in [1.165, 1.54) is 12.1 Å². The van der Waals surface area contributed by atoms with Gasteiger partial charge in [0.15, 0.2) is 0 Å². The maximum absolute atomic E-state index is 12.5. The Bertz CT molecular complexity index is 675. The third-order valence-electron chi connectivity index (χ3n) is 4.46. The van der Waals surface area contributed by atoms with Crippen molar-refractivity contribution in [2.24, 2.45) is 5.92 Å². The summed E-state index contributed by atoms with van der Waals surface area (Å²) < 4.78 is 0. The largest absolute Gasteiger partial charge is 0.481 e. The molecule has 8 nitrogen and oxygen atoms in total. The van der Waals surface area contributed by atoms with Gasteiger partial charge in [-0.25, -0.2) is 0 Å². The number of nitro groups is 1.